The summed E-state index contributed by atoms with van der Waals surface area (Å²) in [5, 5.41) is 2.48. The summed E-state index contributed by atoms with van der Waals surface area (Å²) in [6.45, 7) is 0. The SMILES string of the molecule is CNC(=O)c1cccc(N(C)S(C)(=O)=O)c1. The summed E-state index contributed by atoms with van der Waals surface area (Å²) in [6, 6.07) is 6.42. The maximum atomic E-state index is 11.4. The monoisotopic (exact) mass is 242 g/mol. The second kappa shape index (κ2) is 4.52. The van der Waals surface area contributed by atoms with E-state index in [1.54, 1.807) is 18.2 Å². The number of carbonyl (C=O) groups is 1. The predicted molar refractivity (Wildman–Crippen MR) is 63.1 cm³/mol. The number of rotatable bonds is 3. The van der Waals surface area contributed by atoms with Crippen molar-refractivity contribution in [2.24, 2.45) is 0 Å². The first-order chi connectivity index (χ1) is 7.36. The fourth-order valence-electron chi connectivity index (χ4n) is 1.18. The molecule has 6 heteroatoms. The number of nitrogens with zero attached hydrogens (tertiary/aromatic N) is 1. The molecule has 1 aromatic rings. The highest BCUT2D eigenvalue weighted by molar-refractivity contribution is 7.92. The lowest BCUT2D eigenvalue weighted by atomic mass is 10.2. The Hall–Kier alpha value is -1.56. The third-order valence-corrected chi connectivity index (χ3v) is 3.40. The Labute approximate surface area is 95.1 Å². The molecule has 0 spiro atoms. The topological polar surface area (TPSA) is 66.5 Å². The fraction of sp³-hybridized carbons (Fsp3) is 0.300. The number of carbonyl (C=O) groups excluding carboxylic acids is 1. The second-order valence-electron chi connectivity index (χ2n) is 3.36. The first-order valence-corrected chi connectivity index (χ1v) is 6.47. The lowest BCUT2D eigenvalue weighted by Crippen LogP contribution is -2.25. The smallest absolute Gasteiger partial charge is 0.251 e. The maximum Gasteiger partial charge on any atom is 0.251 e. The number of amides is 1. The van der Waals surface area contributed by atoms with Crippen LogP contribution >= 0.6 is 0 Å². The molecule has 0 bridgehead atoms. The normalized spacial score (nSPS) is 10.9. The quantitative estimate of drug-likeness (QED) is 0.836. The molecule has 88 valence electrons. The highest BCUT2D eigenvalue weighted by atomic mass is 32.2. The van der Waals surface area contributed by atoms with E-state index in [1.807, 2.05) is 0 Å². The van der Waals surface area contributed by atoms with Crippen LogP contribution in [0, 0.1) is 0 Å². The number of hydrogen-bond donors (Lipinski definition) is 1. The molecular weight excluding hydrogens is 228 g/mol. The van der Waals surface area contributed by atoms with Crippen LogP contribution in [0.5, 0.6) is 0 Å². The molecule has 1 aromatic carbocycles. The molecule has 0 heterocycles. The molecule has 16 heavy (non-hydrogen) atoms. The summed E-state index contributed by atoms with van der Waals surface area (Å²) in [7, 11) is -0.338. The molecule has 0 aliphatic carbocycles. The first kappa shape index (κ1) is 12.5. The molecule has 0 atom stereocenters. The summed E-state index contributed by atoms with van der Waals surface area (Å²) in [5.41, 5.74) is 0.888. The fourth-order valence-corrected chi connectivity index (χ4v) is 1.68. The minimum absolute atomic E-state index is 0.247. The van der Waals surface area contributed by atoms with Gasteiger partial charge in [-0.2, -0.15) is 0 Å². The molecule has 0 aliphatic heterocycles. The van der Waals surface area contributed by atoms with Gasteiger partial charge in [0.2, 0.25) is 10.0 Å². The van der Waals surface area contributed by atoms with Crippen LogP contribution in [-0.2, 0) is 10.0 Å². The van der Waals surface area contributed by atoms with Crippen LogP contribution in [0.4, 0.5) is 5.69 Å². The van der Waals surface area contributed by atoms with E-state index in [9.17, 15) is 13.2 Å². The van der Waals surface area contributed by atoms with E-state index in [0.717, 1.165) is 10.6 Å². The molecule has 1 amide bonds. The third kappa shape index (κ3) is 2.73. The van der Waals surface area contributed by atoms with Gasteiger partial charge in [0.25, 0.3) is 5.91 Å². The Bertz CT molecular complexity index is 497. The van der Waals surface area contributed by atoms with Gasteiger partial charge in [0.1, 0.15) is 0 Å². The van der Waals surface area contributed by atoms with Crippen molar-refractivity contribution in [1.29, 1.82) is 0 Å². The zero-order valence-corrected chi connectivity index (χ0v) is 10.2. The van der Waals surface area contributed by atoms with E-state index in [4.69, 9.17) is 0 Å². The van der Waals surface area contributed by atoms with Crippen LogP contribution < -0.4 is 9.62 Å². The Morgan fingerprint density at radius 2 is 2.00 bits per heavy atom. The van der Waals surface area contributed by atoms with Gasteiger partial charge in [0.15, 0.2) is 0 Å². The number of nitrogens with one attached hydrogen (secondary N) is 1. The molecule has 0 saturated carbocycles. The van der Waals surface area contributed by atoms with Crippen LogP contribution in [0.2, 0.25) is 0 Å². The van der Waals surface area contributed by atoms with Gasteiger partial charge < -0.3 is 5.32 Å². The second-order valence-corrected chi connectivity index (χ2v) is 5.37. The van der Waals surface area contributed by atoms with Gasteiger partial charge in [-0.05, 0) is 18.2 Å². The molecule has 5 nitrogen and oxygen atoms in total. The molecule has 0 saturated heterocycles. The van der Waals surface area contributed by atoms with E-state index in [1.165, 1.54) is 20.2 Å². The standard InChI is InChI=1S/C10H14N2O3S/c1-11-10(13)8-5-4-6-9(7-8)12(2)16(3,14)15/h4-7H,1-3H3,(H,11,13). The van der Waals surface area contributed by atoms with Crippen molar-refractivity contribution < 1.29 is 13.2 Å². The third-order valence-electron chi connectivity index (χ3n) is 2.20. The van der Waals surface area contributed by atoms with E-state index in [-0.39, 0.29) is 5.91 Å². The lowest BCUT2D eigenvalue weighted by Gasteiger charge is -2.16. The van der Waals surface area contributed by atoms with Crippen molar-refractivity contribution in [3.8, 4) is 0 Å². The van der Waals surface area contributed by atoms with Gasteiger partial charge in [-0.1, -0.05) is 6.07 Å². The summed E-state index contributed by atoms with van der Waals surface area (Å²) in [5.74, 6) is -0.247. The number of sulfonamides is 1. The first-order valence-electron chi connectivity index (χ1n) is 4.62. The van der Waals surface area contributed by atoms with Gasteiger partial charge in [-0.25, -0.2) is 8.42 Å². The largest absolute Gasteiger partial charge is 0.355 e. The maximum absolute atomic E-state index is 11.4. The van der Waals surface area contributed by atoms with Crippen LogP contribution in [0.1, 0.15) is 10.4 Å². The summed E-state index contributed by atoms with van der Waals surface area (Å²) < 4.78 is 23.7. The minimum Gasteiger partial charge on any atom is -0.355 e. The minimum atomic E-state index is -3.30. The van der Waals surface area contributed by atoms with Crippen molar-refractivity contribution in [1.82, 2.24) is 5.32 Å². The molecule has 0 aliphatic rings. The van der Waals surface area contributed by atoms with Crippen molar-refractivity contribution in [2.75, 3.05) is 24.7 Å². The highest BCUT2D eigenvalue weighted by Crippen LogP contribution is 2.17. The van der Waals surface area contributed by atoms with Crippen molar-refractivity contribution in [3.63, 3.8) is 0 Å². The summed E-state index contributed by atoms with van der Waals surface area (Å²) in [6.07, 6.45) is 1.11. The van der Waals surface area contributed by atoms with Gasteiger partial charge in [-0.15, -0.1) is 0 Å². The number of hydrogen-bond acceptors (Lipinski definition) is 3. The molecular formula is C10H14N2O3S. The van der Waals surface area contributed by atoms with Gasteiger partial charge in [0.05, 0.1) is 11.9 Å². The summed E-state index contributed by atoms with van der Waals surface area (Å²) in [4.78, 5) is 11.4. The van der Waals surface area contributed by atoms with Gasteiger partial charge in [0, 0.05) is 19.7 Å². The Morgan fingerprint density at radius 1 is 1.38 bits per heavy atom. The molecule has 0 aromatic heterocycles. The molecule has 0 fully saturated rings. The van der Waals surface area contributed by atoms with Crippen LogP contribution in [-0.4, -0.2) is 34.7 Å². The number of benzene rings is 1. The van der Waals surface area contributed by atoms with E-state index >= 15 is 0 Å². The zero-order chi connectivity index (χ0) is 12.3. The Balaban J connectivity index is 3.13. The Kier molecular flexibility index (Phi) is 3.54. The Morgan fingerprint density at radius 3 is 2.50 bits per heavy atom. The zero-order valence-electron chi connectivity index (χ0n) is 9.39. The molecule has 0 radical (unpaired) electrons. The predicted octanol–water partition coefficient (Wildman–Crippen LogP) is 0.442. The highest BCUT2D eigenvalue weighted by Gasteiger charge is 2.13. The van der Waals surface area contributed by atoms with Gasteiger partial charge in [-0.3, -0.25) is 9.10 Å². The van der Waals surface area contributed by atoms with Crippen molar-refractivity contribution in [2.45, 2.75) is 0 Å². The average Bonchev–Trinajstić information content (AvgIpc) is 2.26. The van der Waals surface area contributed by atoms with Crippen LogP contribution in [0.15, 0.2) is 24.3 Å². The van der Waals surface area contributed by atoms with Crippen molar-refractivity contribution >= 4 is 21.6 Å². The van der Waals surface area contributed by atoms with Crippen LogP contribution in [0.25, 0.3) is 0 Å². The average molecular weight is 242 g/mol. The van der Waals surface area contributed by atoms with E-state index in [2.05, 4.69) is 5.32 Å². The van der Waals surface area contributed by atoms with Crippen molar-refractivity contribution in [3.05, 3.63) is 29.8 Å². The number of anilines is 1. The lowest BCUT2D eigenvalue weighted by molar-refractivity contribution is 0.0963. The van der Waals surface area contributed by atoms with Gasteiger partial charge >= 0.3 is 0 Å². The summed E-state index contributed by atoms with van der Waals surface area (Å²) >= 11 is 0. The molecule has 1 N–H and O–H groups in total. The molecule has 0 unspecified atom stereocenters. The molecule has 1 rings (SSSR count). The van der Waals surface area contributed by atoms with E-state index in [0.29, 0.717) is 11.3 Å². The van der Waals surface area contributed by atoms with Crippen LogP contribution in [0.3, 0.4) is 0 Å². The van der Waals surface area contributed by atoms with E-state index < -0.39 is 10.0 Å².